The molecule has 0 spiro atoms. The number of carboxylic acids is 1. The molecule has 1 N–H and O–H groups in total. The van der Waals surface area contributed by atoms with Crippen molar-refractivity contribution in [2.24, 2.45) is 5.92 Å². The Hall–Kier alpha value is -1.81. The van der Waals surface area contributed by atoms with Crippen LogP contribution in [0.1, 0.15) is 6.92 Å². The lowest BCUT2D eigenvalue weighted by molar-refractivity contribution is -0.275. The highest BCUT2D eigenvalue weighted by Gasteiger charge is 2.35. The molecule has 124 valence electrons. The van der Waals surface area contributed by atoms with Gasteiger partial charge in [0.1, 0.15) is 10.6 Å². The summed E-state index contributed by atoms with van der Waals surface area (Å²) in [6.07, 6.45) is -5.04. The number of carboxylic acid groups (broad SMARTS) is 1. The standard InChI is InChI=1S/C12H14F3NO5S/c1-8(11(17)18)7-16(2)22(19,20)10-6-4-3-5-9(10)21-12(13,14)15/h3-6,8H,7H2,1-2H3,(H,17,18). The highest BCUT2D eigenvalue weighted by molar-refractivity contribution is 7.89. The smallest absolute Gasteiger partial charge is 0.481 e. The molecule has 0 aliphatic rings. The van der Waals surface area contributed by atoms with Gasteiger partial charge in [-0.1, -0.05) is 19.1 Å². The van der Waals surface area contributed by atoms with Crippen molar-refractivity contribution in [2.75, 3.05) is 13.6 Å². The van der Waals surface area contributed by atoms with E-state index < -0.39 is 45.5 Å². The van der Waals surface area contributed by atoms with E-state index in [0.29, 0.717) is 4.31 Å². The molecular weight excluding hydrogens is 327 g/mol. The number of hydrogen-bond acceptors (Lipinski definition) is 4. The van der Waals surface area contributed by atoms with Crippen molar-refractivity contribution >= 4 is 16.0 Å². The van der Waals surface area contributed by atoms with Gasteiger partial charge in [0.05, 0.1) is 5.92 Å². The molecule has 0 bridgehead atoms. The number of rotatable bonds is 6. The predicted molar refractivity (Wildman–Crippen MR) is 69.7 cm³/mol. The summed E-state index contributed by atoms with van der Waals surface area (Å²) in [7, 11) is -3.24. The quantitative estimate of drug-likeness (QED) is 0.855. The van der Waals surface area contributed by atoms with Crippen molar-refractivity contribution < 1.29 is 36.2 Å². The zero-order valence-corrected chi connectivity index (χ0v) is 12.5. The maximum Gasteiger partial charge on any atom is 0.573 e. The van der Waals surface area contributed by atoms with Gasteiger partial charge in [0, 0.05) is 13.6 Å². The Balaban J connectivity index is 3.15. The summed E-state index contributed by atoms with van der Waals surface area (Å²) in [5.41, 5.74) is 0. The van der Waals surface area contributed by atoms with E-state index in [0.717, 1.165) is 19.2 Å². The van der Waals surface area contributed by atoms with Crippen LogP contribution in [0.25, 0.3) is 0 Å². The lowest BCUT2D eigenvalue weighted by Crippen LogP contribution is -2.34. The largest absolute Gasteiger partial charge is 0.573 e. The summed E-state index contributed by atoms with van der Waals surface area (Å²) in [5, 5.41) is 8.78. The molecule has 1 aromatic rings. The molecule has 6 nitrogen and oxygen atoms in total. The Kier molecular flexibility index (Phi) is 5.41. The van der Waals surface area contributed by atoms with Crippen LogP contribution in [0.15, 0.2) is 29.2 Å². The molecule has 0 saturated heterocycles. The third-order valence-corrected chi connectivity index (χ3v) is 4.58. The summed E-state index contributed by atoms with van der Waals surface area (Å²) >= 11 is 0. The molecule has 0 saturated carbocycles. The molecule has 1 rings (SSSR count). The second-order valence-electron chi connectivity index (χ2n) is 4.52. The second kappa shape index (κ2) is 6.53. The van der Waals surface area contributed by atoms with Gasteiger partial charge in [-0.3, -0.25) is 4.79 Å². The minimum atomic E-state index is -5.04. The molecule has 0 aliphatic carbocycles. The first kappa shape index (κ1) is 18.2. The van der Waals surface area contributed by atoms with Crippen molar-refractivity contribution in [3.8, 4) is 5.75 Å². The van der Waals surface area contributed by atoms with Gasteiger partial charge in [0.25, 0.3) is 0 Å². The highest BCUT2D eigenvalue weighted by Crippen LogP contribution is 2.31. The average molecular weight is 341 g/mol. The van der Waals surface area contributed by atoms with E-state index >= 15 is 0 Å². The van der Waals surface area contributed by atoms with Crippen molar-refractivity contribution in [2.45, 2.75) is 18.2 Å². The van der Waals surface area contributed by atoms with Crippen molar-refractivity contribution in [1.82, 2.24) is 4.31 Å². The van der Waals surface area contributed by atoms with Crippen LogP contribution in [0.5, 0.6) is 5.75 Å². The number of aliphatic carboxylic acids is 1. The molecule has 0 radical (unpaired) electrons. The van der Waals surface area contributed by atoms with Gasteiger partial charge in [-0.05, 0) is 12.1 Å². The van der Waals surface area contributed by atoms with Gasteiger partial charge >= 0.3 is 12.3 Å². The number of ether oxygens (including phenoxy) is 1. The van der Waals surface area contributed by atoms with Crippen LogP contribution in [0.2, 0.25) is 0 Å². The summed E-state index contributed by atoms with van der Waals surface area (Å²) in [5.74, 6) is -3.11. The molecule has 1 aromatic carbocycles. The predicted octanol–water partition coefficient (Wildman–Crippen LogP) is 1.93. The van der Waals surface area contributed by atoms with E-state index in [4.69, 9.17) is 5.11 Å². The van der Waals surface area contributed by atoms with Crippen LogP contribution in [0.3, 0.4) is 0 Å². The third kappa shape index (κ3) is 4.60. The Morgan fingerprint density at radius 2 is 1.91 bits per heavy atom. The third-order valence-electron chi connectivity index (χ3n) is 2.72. The number of sulfonamides is 1. The van der Waals surface area contributed by atoms with Gasteiger partial charge in [-0.25, -0.2) is 8.42 Å². The summed E-state index contributed by atoms with van der Waals surface area (Å²) in [6.45, 7) is 0.893. The maximum absolute atomic E-state index is 12.3. The number of carbonyl (C=O) groups is 1. The molecular formula is C12H14F3NO5S. The van der Waals surface area contributed by atoms with Gasteiger partial charge in [-0.2, -0.15) is 4.31 Å². The van der Waals surface area contributed by atoms with Gasteiger partial charge in [-0.15, -0.1) is 13.2 Å². The lowest BCUT2D eigenvalue weighted by Gasteiger charge is -2.21. The Bertz CT molecular complexity index is 644. The molecule has 1 atom stereocenters. The maximum atomic E-state index is 12.3. The van der Waals surface area contributed by atoms with Gasteiger partial charge in [0.2, 0.25) is 10.0 Å². The molecule has 0 heterocycles. The molecule has 0 amide bonds. The van der Waals surface area contributed by atoms with Crippen LogP contribution >= 0.6 is 0 Å². The van der Waals surface area contributed by atoms with E-state index in [1.807, 2.05) is 0 Å². The Labute approximate surface area is 125 Å². The first-order valence-electron chi connectivity index (χ1n) is 5.99. The zero-order valence-electron chi connectivity index (χ0n) is 11.7. The molecule has 1 unspecified atom stereocenters. The normalized spacial score (nSPS) is 13.9. The molecule has 22 heavy (non-hydrogen) atoms. The minimum Gasteiger partial charge on any atom is -0.481 e. The first-order chi connectivity index (χ1) is 9.95. The van der Waals surface area contributed by atoms with E-state index in [9.17, 15) is 26.4 Å². The fourth-order valence-corrected chi connectivity index (χ4v) is 2.97. The number of benzene rings is 1. The number of alkyl halides is 3. The molecule has 0 aliphatic heterocycles. The van der Waals surface area contributed by atoms with E-state index in [1.165, 1.54) is 19.1 Å². The van der Waals surface area contributed by atoms with Crippen LogP contribution in [-0.4, -0.2) is 43.8 Å². The lowest BCUT2D eigenvalue weighted by atomic mass is 10.2. The van der Waals surface area contributed by atoms with Crippen LogP contribution in [0, 0.1) is 5.92 Å². The van der Waals surface area contributed by atoms with Gasteiger partial charge < -0.3 is 9.84 Å². The molecule has 0 fully saturated rings. The summed E-state index contributed by atoms with van der Waals surface area (Å²) in [6, 6.07) is 4.26. The van der Waals surface area contributed by atoms with E-state index in [-0.39, 0.29) is 0 Å². The minimum absolute atomic E-state index is 0.391. The molecule has 0 aromatic heterocycles. The first-order valence-corrected chi connectivity index (χ1v) is 7.43. The Morgan fingerprint density at radius 3 is 2.41 bits per heavy atom. The van der Waals surface area contributed by atoms with Crippen LogP contribution in [-0.2, 0) is 14.8 Å². The fraction of sp³-hybridized carbons (Fsp3) is 0.417. The van der Waals surface area contributed by atoms with Crippen molar-refractivity contribution in [3.63, 3.8) is 0 Å². The number of nitrogens with zero attached hydrogens (tertiary/aromatic N) is 1. The highest BCUT2D eigenvalue weighted by atomic mass is 32.2. The number of hydrogen-bond donors (Lipinski definition) is 1. The van der Waals surface area contributed by atoms with Gasteiger partial charge in [0.15, 0.2) is 0 Å². The Morgan fingerprint density at radius 1 is 1.36 bits per heavy atom. The van der Waals surface area contributed by atoms with Crippen molar-refractivity contribution in [1.29, 1.82) is 0 Å². The van der Waals surface area contributed by atoms with Crippen LogP contribution in [0.4, 0.5) is 13.2 Å². The second-order valence-corrected chi connectivity index (χ2v) is 6.53. The fourth-order valence-electron chi connectivity index (χ4n) is 1.60. The van der Waals surface area contributed by atoms with Crippen LogP contribution < -0.4 is 4.74 Å². The SMILES string of the molecule is CC(CN(C)S(=O)(=O)c1ccccc1OC(F)(F)F)C(=O)O. The zero-order chi connectivity index (χ0) is 17.1. The van der Waals surface area contributed by atoms with E-state index in [1.54, 1.807) is 0 Å². The van der Waals surface area contributed by atoms with E-state index in [2.05, 4.69) is 4.74 Å². The average Bonchev–Trinajstić information content (AvgIpc) is 2.36. The topological polar surface area (TPSA) is 83.9 Å². The molecule has 10 heteroatoms. The monoisotopic (exact) mass is 341 g/mol. The number of para-hydroxylation sites is 1. The number of halogens is 3. The summed E-state index contributed by atoms with van der Waals surface area (Å²) in [4.78, 5) is 10.1. The van der Waals surface area contributed by atoms with Crippen molar-refractivity contribution in [3.05, 3.63) is 24.3 Å². The summed E-state index contributed by atoms with van der Waals surface area (Å²) < 4.78 is 65.9.